The Labute approximate surface area is 109 Å². The fourth-order valence-electron chi connectivity index (χ4n) is 2.05. The Kier molecular flexibility index (Phi) is 8.75. The van der Waals surface area contributed by atoms with Crippen molar-refractivity contribution < 1.29 is 9.90 Å². The van der Waals surface area contributed by atoms with Crippen LogP contribution in [0, 0.1) is 0 Å². The molecule has 4 N–H and O–H groups in total. The lowest BCUT2D eigenvalue weighted by molar-refractivity contribution is -0.137. The highest BCUT2D eigenvalue weighted by atomic mass is 16.4. The third kappa shape index (κ3) is 8.41. The predicted octanol–water partition coefficient (Wildman–Crippen LogP) is 1.02. The molecule has 1 aliphatic rings. The summed E-state index contributed by atoms with van der Waals surface area (Å²) in [6, 6.07) is 0. The van der Waals surface area contributed by atoms with Gasteiger partial charge in [0.1, 0.15) is 0 Å². The van der Waals surface area contributed by atoms with Gasteiger partial charge in [-0.3, -0.25) is 4.79 Å². The number of aliphatic carboxylic acids is 1. The van der Waals surface area contributed by atoms with Crippen molar-refractivity contribution in [3.05, 3.63) is 0 Å². The Morgan fingerprint density at radius 3 is 2.61 bits per heavy atom. The van der Waals surface area contributed by atoms with Crippen LogP contribution in [0.15, 0.2) is 0 Å². The first-order valence-corrected chi connectivity index (χ1v) is 6.99. The van der Waals surface area contributed by atoms with Gasteiger partial charge in [0.25, 0.3) is 0 Å². The van der Waals surface area contributed by atoms with Crippen LogP contribution in [0.2, 0.25) is 0 Å². The summed E-state index contributed by atoms with van der Waals surface area (Å²) in [6.45, 7) is 2.66. The van der Waals surface area contributed by atoms with Gasteiger partial charge in [0.2, 0.25) is 0 Å². The Hall–Kier alpha value is -0.690. The molecule has 1 fully saturated rings. The van der Waals surface area contributed by atoms with Crippen LogP contribution in [0.25, 0.3) is 0 Å². The van der Waals surface area contributed by atoms with E-state index in [-0.39, 0.29) is 6.42 Å². The van der Waals surface area contributed by atoms with Crippen LogP contribution in [-0.4, -0.2) is 35.7 Å². The van der Waals surface area contributed by atoms with E-state index in [1.807, 2.05) is 0 Å². The van der Waals surface area contributed by atoms with Crippen molar-refractivity contribution in [3.8, 4) is 0 Å². The second-order valence-electron chi connectivity index (χ2n) is 4.77. The van der Waals surface area contributed by atoms with Gasteiger partial charge in [-0.25, -0.2) is 10.4 Å². The molecule has 18 heavy (non-hydrogen) atoms. The summed E-state index contributed by atoms with van der Waals surface area (Å²) >= 11 is 0. The molecule has 6 nitrogen and oxygen atoms in total. The molecule has 0 aliphatic carbocycles. The van der Waals surface area contributed by atoms with E-state index in [1.165, 1.54) is 32.1 Å². The summed E-state index contributed by atoms with van der Waals surface area (Å²) in [6.07, 6.45) is 8.40. The molecule has 0 spiro atoms. The van der Waals surface area contributed by atoms with Gasteiger partial charge in [-0.1, -0.05) is 25.7 Å². The van der Waals surface area contributed by atoms with Crippen molar-refractivity contribution in [2.45, 2.75) is 51.4 Å². The third-order valence-corrected chi connectivity index (χ3v) is 3.10. The van der Waals surface area contributed by atoms with Crippen molar-refractivity contribution in [1.29, 1.82) is 0 Å². The van der Waals surface area contributed by atoms with Crippen LogP contribution in [0.3, 0.4) is 0 Å². The Balaban J connectivity index is 2.20. The molecule has 1 rings (SSSR count). The number of hydrazine groups is 3. The molecule has 1 saturated heterocycles. The maximum absolute atomic E-state index is 10.5. The SMILES string of the molecule is O=C(O)CCCN1CCCCCCCCNNN1. The largest absolute Gasteiger partial charge is 0.481 e. The molecular weight excluding hydrogens is 232 g/mol. The van der Waals surface area contributed by atoms with Crippen LogP contribution < -0.4 is 16.5 Å². The number of nitrogens with one attached hydrogen (secondary N) is 3. The van der Waals surface area contributed by atoms with E-state index in [0.29, 0.717) is 6.42 Å². The summed E-state index contributed by atoms with van der Waals surface area (Å²) in [7, 11) is 0. The van der Waals surface area contributed by atoms with E-state index in [0.717, 1.165) is 26.1 Å². The van der Waals surface area contributed by atoms with Crippen molar-refractivity contribution >= 4 is 5.97 Å². The molecule has 0 unspecified atom stereocenters. The van der Waals surface area contributed by atoms with E-state index >= 15 is 0 Å². The first-order chi connectivity index (χ1) is 8.79. The highest BCUT2D eigenvalue weighted by Gasteiger charge is 2.06. The van der Waals surface area contributed by atoms with Crippen LogP contribution in [0.4, 0.5) is 0 Å². The number of carboxylic acid groups (broad SMARTS) is 1. The minimum absolute atomic E-state index is 0.228. The Bertz CT molecular complexity index is 214. The smallest absolute Gasteiger partial charge is 0.303 e. The standard InChI is InChI=1S/C12H26N4O2/c17-12(18)8-7-11-16-10-6-4-2-1-3-5-9-13-14-15-16/h13-15H,1-11H2,(H,17,18). The second kappa shape index (κ2) is 10.3. The van der Waals surface area contributed by atoms with Gasteiger partial charge in [0.05, 0.1) is 0 Å². The molecule has 6 heteroatoms. The predicted molar refractivity (Wildman–Crippen MR) is 70.4 cm³/mol. The molecule has 1 aliphatic heterocycles. The Morgan fingerprint density at radius 1 is 1.11 bits per heavy atom. The average Bonchev–Trinajstić information content (AvgIpc) is 2.31. The van der Waals surface area contributed by atoms with E-state index in [2.05, 4.69) is 21.5 Å². The minimum Gasteiger partial charge on any atom is -0.481 e. The molecular formula is C12H26N4O2. The zero-order chi connectivity index (χ0) is 13.1. The molecule has 0 aromatic rings. The number of rotatable bonds is 4. The van der Waals surface area contributed by atoms with Crippen molar-refractivity contribution in [2.75, 3.05) is 19.6 Å². The number of carboxylic acids is 1. The van der Waals surface area contributed by atoms with Gasteiger partial charge < -0.3 is 5.11 Å². The molecule has 0 amide bonds. The van der Waals surface area contributed by atoms with Gasteiger partial charge in [0.15, 0.2) is 0 Å². The lowest BCUT2D eigenvalue weighted by Gasteiger charge is -2.24. The molecule has 0 bridgehead atoms. The molecule has 0 atom stereocenters. The maximum atomic E-state index is 10.5. The van der Waals surface area contributed by atoms with E-state index in [1.54, 1.807) is 0 Å². The van der Waals surface area contributed by atoms with Gasteiger partial charge in [-0.05, 0) is 19.3 Å². The van der Waals surface area contributed by atoms with Crippen molar-refractivity contribution in [1.82, 2.24) is 21.5 Å². The number of hydrogen-bond acceptors (Lipinski definition) is 5. The first-order valence-electron chi connectivity index (χ1n) is 6.99. The molecule has 0 saturated carbocycles. The van der Waals surface area contributed by atoms with Crippen LogP contribution >= 0.6 is 0 Å². The van der Waals surface area contributed by atoms with Gasteiger partial charge in [-0.2, -0.15) is 11.1 Å². The summed E-state index contributed by atoms with van der Waals surface area (Å²) in [5.41, 5.74) is 9.17. The number of hydrogen-bond donors (Lipinski definition) is 4. The quantitative estimate of drug-likeness (QED) is 0.603. The van der Waals surface area contributed by atoms with Crippen molar-refractivity contribution in [2.24, 2.45) is 0 Å². The second-order valence-corrected chi connectivity index (χ2v) is 4.77. The summed E-state index contributed by atoms with van der Waals surface area (Å²) in [4.78, 5) is 10.5. The lowest BCUT2D eigenvalue weighted by Crippen LogP contribution is -2.53. The van der Waals surface area contributed by atoms with E-state index in [4.69, 9.17) is 5.11 Å². The molecule has 1 heterocycles. The Morgan fingerprint density at radius 2 is 1.83 bits per heavy atom. The molecule has 0 aromatic carbocycles. The highest BCUT2D eigenvalue weighted by molar-refractivity contribution is 5.66. The normalized spacial score (nSPS) is 20.9. The molecule has 0 aromatic heterocycles. The van der Waals surface area contributed by atoms with E-state index in [9.17, 15) is 4.79 Å². The van der Waals surface area contributed by atoms with E-state index < -0.39 is 5.97 Å². The van der Waals surface area contributed by atoms with Crippen LogP contribution in [-0.2, 0) is 4.79 Å². The average molecular weight is 258 g/mol. The van der Waals surface area contributed by atoms with Gasteiger partial charge in [0, 0.05) is 26.1 Å². The number of nitrogens with zero attached hydrogens (tertiary/aromatic N) is 1. The van der Waals surface area contributed by atoms with Crippen LogP contribution in [0.5, 0.6) is 0 Å². The van der Waals surface area contributed by atoms with Gasteiger partial charge >= 0.3 is 5.97 Å². The van der Waals surface area contributed by atoms with Crippen LogP contribution in [0.1, 0.15) is 51.4 Å². The maximum Gasteiger partial charge on any atom is 0.303 e. The fourth-order valence-corrected chi connectivity index (χ4v) is 2.05. The van der Waals surface area contributed by atoms with Gasteiger partial charge in [-0.15, -0.1) is 0 Å². The summed E-state index contributed by atoms with van der Waals surface area (Å²) in [5, 5.41) is 10.7. The third-order valence-electron chi connectivity index (χ3n) is 3.10. The monoisotopic (exact) mass is 258 g/mol. The summed E-state index contributed by atoms with van der Waals surface area (Å²) in [5.74, 6) is -0.726. The minimum atomic E-state index is -0.726. The zero-order valence-electron chi connectivity index (χ0n) is 11.1. The molecule has 106 valence electrons. The fraction of sp³-hybridized carbons (Fsp3) is 0.917. The summed E-state index contributed by atoms with van der Waals surface area (Å²) < 4.78 is 0. The topological polar surface area (TPSA) is 76.6 Å². The lowest BCUT2D eigenvalue weighted by atomic mass is 10.1. The molecule has 0 radical (unpaired) electrons. The zero-order valence-corrected chi connectivity index (χ0v) is 11.1. The van der Waals surface area contributed by atoms with Crippen molar-refractivity contribution in [3.63, 3.8) is 0 Å². The first kappa shape index (κ1) is 15.4. The highest BCUT2D eigenvalue weighted by Crippen LogP contribution is 2.06. The number of carbonyl (C=O) groups is 1.